The summed E-state index contributed by atoms with van der Waals surface area (Å²) < 4.78 is 24.6. The van der Waals surface area contributed by atoms with E-state index >= 15 is 0 Å². The lowest BCUT2D eigenvalue weighted by Gasteiger charge is -2.32. The summed E-state index contributed by atoms with van der Waals surface area (Å²) in [5, 5.41) is 0. The summed E-state index contributed by atoms with van der Waals surface area (Å²) >= 11 is 0. The third kappa shape index (κ3) is 2.95. The number of likely N-dealkylation sites (tertiary alicyclic amines) is 1. The van der Waals surface area contributed by atoms with Crippen molar-refractivity contribution in [2.24, 2.45) is 0 Å². The maximum absolute atomic E-state index is 14.2. The molecule has 0 unspecified atom stereocenters. The van der Waals surface area contributed by atoms with Gasteiger partial charge in [-0.3, -0.25) is 4.79 Å². The van der Waals surface area contributed by atoms with Gasteiger partial charge in [0.25, 0.3) is 5.91 Å². The van der Waals surface area contributed by atoms with Gasteiger partial charge < -0.3 is 19.3 Å². The van der Waals surface area contributed by atoms with Gasteiger partial charge in [-0.15, -0.1) is 0 Å². The lowest BCUT2D eigenvalue weighted by molar-refractivity contribution is -0.121. The van der Waals surface area contributed by atoms with Crippen LogP contribution in [0.1, 0.15) is 26.7 Å². The number of hydrogen-bond donors (Lipinski definition) is 0. The fraction of sp³-hybridized carbons (Fsp3) is 0.500. The number of carbonyl (C=O) groups is 2. The van der Waals surface area contributed by atoms with Gasteiger partial charge in [0.15, 0.2) is 18.2 Å². The predicted molar refractivity (Wildman–Crippen MR) is 81.3 cm³/mol. The van der Waals surface area contributed by atoms with Crippen LogP contribution in [0.25, 0.3) is 0 Å². The zero-order chi connectivity index (χ0) is 16.6. The molecule has 6 nitrogen and oxygen atoms in total. The minimum absolute atomic E-state index is 0.113. The topological polar surface area (TPSA) is 59.1 Å². The van der Waals surface area contributed by atoms with Crippen LogP contribution in [0.5, 0.6) is 11.5 Å². The fourth-order valence-corrected chi connectivity index (χ4v) is 2.87. The molecule has 2 heterocycles. The van der Waals surface area contributed by atoms with Crippen molar-refractivity contribution < 1.29 is 23.5 Å². The first-order chi connectivity index (χ1) is 11.0. The van der Waals surface area contributed by atoms with Gasteiger partial charge in [0.1, 0.15) is 5.75 Å². The molecule has 1 aromatic rings. The van der Waals surface area contributed by atoms with Crippen LogP contribution in [0.15, 0.2) is 12.1 Å². The Hall–Kier alpha value is -2.31. The number of nitrogens with zero attached hydrogens (tertiary/aromatic N) is 2. The number of hydrogen-bond acceptors (Lipinski definition) is 4. The summed E-state index contributed by atoms with van der Waals surface area (Å²) in [7, 11) is 0. The molecule has 0 bridgehead atoms. The van der Waals surface area contributed by atoms with Gasteiger partial charge in [-0.25, -0.2) is 9.18 Å². The first-order valence-corrected chi connectivity index (χ1v) is 7.72. The van der Waals surface area contributed by atoms with Crippen molar-refractivity contribution in [3.8, 4) is 11.5 Å². The molecule has 2 amide bonds. The van der Waals surface area contributed by atoms with E-state index in [2.05, 4.69) is 0 Å². The molecule has 0 radical (unpaired) electrons. The van der Waals surface area contributed by atoms with Crippen molar-refractivity contribution in [1.29, 1.82) is 0 Å². The number of rotatable bonds is 2. The van der Waals surface area contributed by atoms with Gasteiger partial charge >= 0.3 is 6.09 Å². The largest absolute Gasteiger partial charge is 0.481 e. The maximum Gasteiger partial charge on any atom is 0.415 e. The molecule has 2 aliphatic heterocycles. The van der Waals surface area contributed by atoms with Crippen molar-refractivity contribution in [3.05, 3.63) is 17.9 Å². The first-order valence-electron chi connectivity index (χ1n) is 7.72. The van der Waals surface area contributed by atoms with Gasteiger partial charge in [-0.2, -0.15) is 0 Å². The summed E-state index contributed by atoms with van der Waals surface area (Å²) in [6, 6.07) is 2.40. The number of amides is 2. The van der Waals surface area contributed by atoms with Crippen LogP contribution in [0, 0.1) is 5.82 Å². The minimum Gasteiger partial charge on any atom is -0.481 e. The molecule has 1 aromatic carbocycles. The Bertz CT molecular complexity index is 641. The Balaban J connectivity index is 1.90. The second-order valence-corrected chi connectivity index (χ2v) is 5.96. The van der Waals surface area contributed by atoms with Crippen molar-refractivity contribution in [2.45, 2.75) is 32.7 Å². The normalized spacial score (nSPS) is 17.3. The lowest BCUT2D eigenvalue weighted by Crippen LogP contribution is -2.43. The van der Waals surface area contributed by atoms with Gasteiger partial charge in [-0.05, 0) is 26.7 Å². The second-order valence-electron chi connectivity index (χ2n) is 5.96. The second kappa shape index (κ2) is 6.06. The molecule has 0 saturated carbocycles. The van der Waals surface area contributed by atoms with E-state index in [1.165, 1.54) is 11.0 Å². The van der Waals surface area contributed by atoms with Crippen molar-refractivity contribution >= 4 is 17.7 Å². The Morgan fingerprint density at radius 1 is 1.30 bits per heavy atom. The quantitative estimate of drug-likeness (QED) is 0.839. The lowest BCUT2D eigenvalue weighted by atomic mass is 10.1. The number of ether oxygens (including phenoxy) is 2. The summed E-state index contributed by atoms with van der Waals surface area (Å²) in [6.07, 6.45) is 1.27. The van der Waals surface area contributed by atoms with Crippen LogP contribution in [0.4, 0.5) is 14.9 Å². The average Bonchev–Trinajstić information content (AvgIpc) is 3.02. The first kappa shape index (κ1) is 15.6. The van der Waals surface area contributed by atoms with Gasteiger partial charge in [0, 0.05) is 31.3 Å². The fourth-order valence-electron chi connectivity index (χ4n) is 2.87. The number of fused-ring (bicyclic) bond motifs is 1. The van der Waals surface area contributed by atoms with E-state index in [-0.39, 0.29) is 30.1 Å². The van der Waals surface area contributed by atoms with E-state index in [9.17, 15) is 14.0 Å². The van der Waals surface area contributed by atoms with Gasteiger partial charge in [0.05, 0.1) is 5.69 Å². The monoisotopic (exact) mass is 322 g/mol. The summed E-state index contributed by atoms with van der Waals surface area (Å²) in [5.74, 6) is -0.813. The predicted octanol–water partition coefficient (Wildman–Crippen LogP) is 2.55. The molecule has 124 valence electrons. The number of carbonyl (C=O) groups excluding carboxylic acids is 2. The van der Waals surface area contributed by atoms with Crippen LogP contribution in [-0.2, 0) is 4.79 Å². The third-order valence-corrected chi connectivity index (χ3v) is 3.97. The SMILES string of the molecule is CC(C)N1C(=O)COc2cc(F)c(OC(=O)N3CCCC3)cc21. The van der Waals surface area contributed by atoms with Crippen LogP contribution in [0.2, 0.25) is 0 Å². The summed E-state index contributed by atoms with van der Waals surface area (Å²) in [5.41, 5.74) is 0.418. The average molecular weight is 322 g/mol. The molecule has 1 saturated heterocycles. The molecule has 0 spiro atoms. The van der Waals surface area contributed by atoms with E-state index < -0.39 is 11.9 Å². The molecule has 3 rings (SSSR count). The smallest absolute Gasteiger partial charge is 0.415 e. The van der Waals surface area contributed by atoms with Crippen LogP contribution >= 0.6 is 0 Å². The molecule has 0 aromatic heterocycles. The minimum atomic E-state index is -0.686. The van der Waals surface area contributed by atoms with E-state index in [0.29, 0.717) is 18.8 Å². The molecule has 1 fully saturated rings. The zero-order valence-electron chi connectivity index (χ0n) is 13.2. The summed E-state index contributed by atoms with van der Waals surface area (Å²) in [4.78, 5) is 27.1. The Labute approximate surface area is 133 Å². The van der Waals surface area contributed by atoms with Gasteiger partial charge in [-0.1, -0.05) is 0 Å². The standard InChI is InChI=1S/C16H19FN2O4/c1-10(2)19-12-8-13(23-16(21)18-5-3-4-6-18)11(17)7-14(12)22-9-15(19)20/h7-8,10H,3-6,9H2,1-2H3. The van der Waals surface area contributed by atoms with E-state index in [1.54, 1.807) is 4.90 Å². The van der Waals surface area contributed by atoms with E-state index in [0.717, 1.165) is 18.9 Å². The van der Waals surface area contributed by atoms with Crippen LogP contribution in [-0.4, -0.2) is 42.6 Å². The molecule has 23 heavy (non-hydrogen) atoms. The van der Waals surface area contributed by atoms with Crippen LogP contribution < -0.4 is 14.4 Å². The molecular formula is C16H19FN2O4. The number of anilines is 1. The molecule has 2 aliphatic rings. The third-order valence-electron chi connectivity index (χ3n) is 3.97. The van der Waals surface area contributed by atoms with Crippen molar-refractivity contribution in [1.82, 2.24) is 4.90 Å². The highest BCUT2D eigenvalue weighted by molar-refractivity contribution is 5.98. The Morgan fingerprint density at radius 3 is 2.65 bits per heavy atom. The number of benzene rings is 1. The molecule has 7 heteroatoms. The highest BCUT2D eigenvalue weighted by Crippen LogP contribution is 2.38. The van der Waals surface area contributed by atoms with Crippen LogP contribution in [0.3, 0.4) is 0 Å². The van der Waals surface area contributed by atoms with Crippen molar-refractivity contribution in [3.63, 3.8) is 0 Å². The van der Waals surface area contributed by atoms with E-state index in [1.807, 2.05) is 13.8 Å². The number of halogens is 1. The molecular weight excluding hydrogens is 303 g/mol. The zero-order valence-corrected chi connectivity index (χ0v) is 13.2. The maximum atomic E-state index is 14.2. The summed E-state index contributed by atoms with van der Waals surface area (Å²) in [6.45, 7) is 4.81. The Kier molecular flexibility index (Phi) is 4.11. The molecule has 0 N–H and O–H groups in total. The molecule has 0 aliphatic carbocycles. The molecule has 0 atom stereocenters. The van der Waals surface area contributed by atoms with Gasteiger partial charge in [0.2, 0.25) is 0 Å². The van der Waals surface area contributed by atoms with Crippen molar-refractivity contribution in [2.75, 3.05) is 24.6 Å². The van der Waals surface area contributed by atoms with E-state index in [4.69, 9.17) is 9.47 Å². The Morgan fingerprint density at radius 2 is 2.00 bits per heavy atom. The highest BCUT2D eigenvalue weighted by Gasteiger charge is 2.30. The highest BCUT2D eigenvalue weighted by atomic mass is 19.1.